The van der Waals surface area contributed by atoms with Crippen molar-refractivity contribution >= 4 is 34.9 Å². The number of carbonyl (C=O) groups is 1. The van der Waals surface area contributed by atoms with Crippen LogP contribution in [-0.2, 0) is 11.3 Å². The number of nitrogens with one attached hydrogen (secondary N) is 2. The Balaban J connectivity index is 1.46. The SMILES string of the molecule is O=C(Nc1ccnn1Cc1c(Cl)cccc1Cl)C1CC12CCNCC2. The lowest BCUT2D eigenvalue weighted by molar-refractivity contribution is -0.118. The third-order valence-corrected chi connectivity index (χ3v) is 6.15. The van der Waals surface area contributed by atoms with Gasteiger partial charge in [-0.25, -0.2) is 4.68 Å². The molecule has 1 saturated carbocycles. The minimum absolute atomic E-state index is 0.0916. The number of anilines is 1. The monoisotopic (exact) mass is 378 g/mol. The van der Waals surface area contributed by atoms with Crippen LogP contribution in [0.4, 0.5) is 5.82 Å². The Kier molecular flexibility index (Phi) is 4.48. The maximum Gasteiger partial charge on any atom is 0.229 e. The minimum Gasteiger partial charge on any atom is -0.317 e. The number of halogens is 2. The number of nitrogens with zero attached hydrogens (tertiary/aromatic N) is 2. The highest BCUT2D eigenvalue weighted by atomic mass is 35.5. The van der Waals surface area contributed by atoms with Gasteiger partial charge in [-0.05, 0) is 49.9 Å². The van der Waals surface area contributed by atoms with Gasteiger partial charge in [-0.15, -0.1) is 0 Å². The van der Waals surface area contributed by atoms with E-state index in [0.717, 1.165) is 37.9 Å². The summed E-state index contributed by atoms with van der Waals surface area (Å²) in [5.74, 6) is 0.882. The lowest BCUT2D eigenvalue weighted by Gasteiger charge is -2.23. The van der Waals surface area contributed by atoms with E-state index in [-0.39, 0.29) is 17.2 Å². The van der Waals surface area contributed by atoms with E-state index in [1.807, 2.05) is 6.07 Å². The largest absolute Gasteiger partial charge is 0.317 e. The average Bonchev–Trinajstić information content (AvgIpc) is 3.11. The van der Waals surface area contributed by atoms with Crippen LogP contribution in [0.25, 0.3) is 0 Å². The van der Waals surface area contributed by atoms with Gasteiger partial charge in [0.05, 0.1) is 12.7 Å². The van der Waals surface area contributed by atoms with Gasteiger partial charge in [-0.3, -0.25) is 4.79 Å². The number of benzene rings is 1. The first-order valence-electron chi connectivity index (χ1n) is 8.55. The van der Waals surface area contributed by atoms with Crippen molar-refractivity contribution in [2.45, 2.75) is 25.8 Å². The topological polar surface area (TPSA) is 59.0 Å². The van der Waals surface area contributed by atoms with Crippen LogP contribution in [0, 0.1) is 11.3 Å². The molecule has 2 aliphatic rings. The molecule has 1 unspecified atom stereocenters. The molecule has 1 aromatic heterocycles. The highest BCUT2D eigenvalue weighted by molar-refractivity contribution is 6.35. The van der Waals surface area contributed by atoms with Gasteiger partial charge < -0.3 is 10.6 Å². The smallest absolute Gasteiger partial charge is 0.229 e. The first kappa shape index (κ1) is 16.9. The molecule has 1 aromatic carbocycles. The van der Waals surface area contributed by atoms with Crippen LogP contribution in [-0.4, -0.2) is 28.8 Å². The summed E-state index contributed by atoms with van der Waals surface area (Å²) >= 11 is 12.5. The Labute approximate surface area is 156 Å². The van der Waals surface area contributed by atoms with E-state index in [1.54, 1.807) is 29.1 Å². The second kappa shape index (κ2) is 6.63. The van der Waals surface area contributed by atoms with Gasteiger partial charge in [-0.1, -0.05) is 29.3 Å². The fourth-order valence-electron chi connectivity index (χ4n) is 3.81. The lowest BCUT2D eigenvalue weighted by Crippen LogP contribution is -2.31. The molecule has 1 amide bonds. The molecular formula is C18H20Cl2N4O. The van der Waals surface area contributed by atoms with Gasteiger partial charge in [0, 0.05) is 27.6 Å². The Bertz CT molecular complexity index is 778. The first-order valence-corrected chi connectivity index (χ1v) is 9.31. The Morgan fingerprint density at radius 3 is 2.72 bits per heavy atom. The zero-order valence-electron chi connectivity index (χ0n) is 13.8. The molecule has 0 bridgehead atoms. The quantitative estimate of drug-likeness (QED) is 0.854. The molecule has 1 spiro atoms. The number of rotatable bonds is 4. The second-order valence-electron chi connectivity index (χ2n) is 6.93. The number of hydrogen-bond donors (Lipinski definition) is 2. The van der Waals surface area contributed by atoms with Gasteiger partial charge in [0.1, 0.15) is 5.82 Å². The molecule has 7 heteroatoms. The Hall–Kier alpha value is -1.56. The summed E-state index contributed by atoms with van der Waals surface area (Å²) < 4.78 is 1.72. The van der Waals surface area contributed by atoms with Crippen LogP contribution in [0.1, 0.15) is 24.8 Å². The Morgan fingerprint density at radius 1 is 1.28 bits per heavy atom. The van der Waals surface area contributed by atoms with E-state index in [9.17, 15) is 4.79 Å². The summed E-state index contributed by atoms with van der Waals surface area (Å²) in [6, 6.07) is 7.22. The number of aromatic nitrogens is 2. The summed E-state index contributed by atoms with van der Waals surface area (Å²) in [7, 11) is 0. The summed E-state index contributed by atoms with van der Waals surface area (Å²) in [5.41, 5.74) is 1.01. The van der Waals surface area contributed by atoms with Crippen molar-refractivity contribution in [3.05, 3.63) is 46.1 Å². The Morgan fingerprint density at radius 2 is 2.00 bits per heavy atom. The van der Waals surface area contributed by atoms with Crippen LogP contribution < -0.4 is 10.6 Å². The van der Waals surface area contributed by atoms with Crippen LogP contribution in [0.2, 0.25) is 10.0 Å². The van der Waals surface area contributed by atoms with Crippen molar-refractivity contribution < 1.29 is 4.79 Å². The molecule has 2 fully saturated rings. The van der Waals surface area contributed by atoms with Gasteiger partial charge in [0.25, 0.3) is 0 Å². The molecule has 0 radical (unpaired) electrons. The average molecular weight is 379 g/mol. The maximum absolute atomic E-state index is 12.7. The molecule has 5 nitrogen and oxygen atoms in total. The molecule has 2 aromatic rings. The highest BCUT2D eigenvalue weighted by Crippen LogP contribution is 2.58. The van der Waals surface area contributed by atoms with E-state index in [1.165, 1.54) is 0 Å². The fraction of sp³-hybridized carbons (Fsp3) is 0.444. The van der Waals surface area contributed by atoms with Crippen molar-refractivity contribution in [3.63, 3.8) is 0 Å². The van der Waals surface area contributed by atoms with E-state index < -0.39 is 0 Å². The summed E-state index contributed by atoms with van der Waals surface area (Å²) in [6.45, 7) is 2.43. The van der Waals surface area contributed by atoms with Crippen LogP contribution in [0.3, 0.4) is 0 Å². The minimum atomic E-state index is 0.0916. The normalized spacial score (nSPS) is 21.3. The third-order valence-electron chi connectivity index (χ3n) is 5.44. The van der Waals surface area contributed by atoms with Crippen LogP contribution >= 0.6 is 23.2 Å². The molecule has 2 heterocycles. The summed E-state index contributed by atoms with van der Waals surface area (Å²) in [6.07, 6.45) is 4.83. The molecule has 1 atom stereocenters. The first-order chi connectivity index (χ1) is 12.1. The second-order valence-corrected chi connectivity index (χ2v) is 7.75. The molecule has 1 aliphatic carbocycles. The van der Waals surface area contributed by atoms with Crippen molar-refractivity contribution in [2.24, 2.45) is 11.3 Å². The fourth-order valence-corrected chi connectivity index (χ4v) is 4.32. The van der Waals surface area contributed by atoms with E-state index in [0.29, 0.717) is 22.4 Å². The summed E-state index contributed by atoms with van der Waals surface area (Å²) in [4.78, 5) is 12.7. The zero-order valence-corrected chi connectivity index (χ0v) is 15.3. The van der Waals surface area contributed by atoms with Crippen molar-refractivity contribution in [1.82, 2.24) is 15.1 Å². The van der Waals surface area contributed by atoms with Crippen LogP contribution in [0.5, 0.6) is 0 Å². The molecule has 2 N–H and O–H groups in total. The summed E-state index contributed by atoms with van der Waals surface area (Å²) in [5, 5.41) is 11.9. The van der Waals surface area contributed by atoms with Gasteiger partial charge in [-0.2, -0.15) is 5.10 Å². The zero-order chi connectivity index (χ0) is 17.4. The van der Waals surface area contributed by atoms with E-state index >= 15 is 0 Å². The number of carbonyl (C=O) groups excluding carboxylic acids is 1. The standard InChI is InChI=1S/C18H20Cl2N4O/c19-14-2-1-3-15(20)12(14)11-24-16(4-7-22-24)23-17(25)13-10-18(13)5-8-21-9-6-18/h1-4,7,13,21H,5-6,8-11H2,(H,23,25). The van der Waals surface area contributed by atoms with Gasteiger partial charge in [0.2, 0.25) is 5.91 Å². The maximum atomic E-state index is 12.7. The highest BCUT2D eigenvalue weighted by Gasteiger charge is 2.57. The molecular weight excluding hydrogens is 359 g/mol. The van der Waals surface area contributed by atoms with Gasteiger partial charge >= 0.3 is 0 Å². The van der Waals surface area contributed by atoms with Crippen molar-refractivity contribution in [3.8, 4) is 0 Å². The lowest BCUT2D eigenvalue weighted by atomic mass is 9.92. The van der Waals surface area contributed by atoms with Crippen molar-refractivity contribution in [2.75, 3.05) is 18.4 Å². The van der Waals surface area contributed by atoms with Crippen molar-refractivity contribution in [1.29, 1.82) is 0 Å². The van der Waals surface area contributed by atoms with E-state index in [2.05, 4.69) is 15.7 Å². The number of hydrogen-bond acceptors (Lipinski definition) is 3. The van der Waals surface area contributed by atoms with Crippen LogP contribution in [0.15, 0.2) is 30.5 Å². The number of piperidine rings is 1. The number of amides is 1. The molecule has 25 heavy (non-hydrogen) atoms. The molecule has 4 rings (SSSR count). The van der Waals surface area contributed by atoms with Gasteiger partial charge in [0.15, 0.2) is 0 Å². The molecule has 1 aliphatic heterocycles. The third kappa shape index (κ3) is 3.28. The van der Waals surface area contributed by atoms with E-state index in [4.69, 9.17) is 23.2 Å². The predicted octanol–water partition coefficient (Wildman–Crippen LogP) is 3.57. The predicted molar refractivity (Wildman–Crippen MR) is 99.1 cm³/mol. The molecule has 132 valence electrons. The molecule has 1 saturated heterocycles.